The molecule has 1 aromatic heterocycles. The van der Waals surface area contributed by atoms with E-state index in [9.17, 15) is 5.11 Å². The van der Waals surface area contributed by atoms with Crippen LogP contribution >= 0.6 is 0 Å². The largest absolute Gasteiger partial charge is 0.496 e. The summed E-state index contributed by atoms with van der Waals surface area (Å²) < 4.78 is 17.3. The van der Waals surface area contributed by atoms with Gasteiger partial charge in [0.1, 0.15) is 11.9 Å². The third-order valence-corrected chi connectivity index (χ3v) is 3.06. The van der Waals surface area contributed by atoms with Gasteiger partial charge in [0.15, 0.2) is 11.5 Å². The molecule has 2 aromatic rings. The molecule has 0 aliphatic carbocycles. The van der Waals surface area contributed by atoms with Crippen LogP contribution in [0.25, 0.3) is 0 Å². The third-order valence-electron chi connectivity index (χ3n) is 3.06. The number of nitrogens with zero attached hydrogens (tertiary/aromatic N) is 3. The molecule has 0 bridgehead atoms. The first-order valence-electron chi connectivity index (χ1n) is 5.95. The van der Waals surface area contributed by atoms with Gasteiger partial charge in [0.25, 0.3) is 0 Å². The second-order valence-corrected chi connectivity index (χ2v) is 4.13. The van der Waals surface area contributed by atoms with Crippen LogP contribution in [0.2, 0.25) is 0 Å². The van der Waals surface area contributed by atoms with Gasteiger partial charge >= 0.3 is 0 Å². The number of aliphatic hydroxyl groups excluding tert-OH is 1. The Balaban J connectivity index is 2.52. The van der Waals surface area contributed by atoms with Crippen LogP contribution in [0.1, 0.15) is 17.4 Å². The molecule has 0 saturated carbocycles. The van der Waals surface area contributed by atoms with Crippen LogP contribution in [0.3, 0.4) is 0 Å². The second-order valence-electron chi connectivity index (χ2n) is 4.13. The third kappa shape index (κ3) is 2.39. The highest BCUT2D eigenvalue weighted by Crippen LogP contribution is 2.38. The van der Waals surface area contributed by atoms with Gasteiger partial charge in [0.2, 0.25) is 0 Å². The molecule has 108 valence electrons. The van der Waals surface area contributed by atoms with Crippen molar-refractivity contribution >= 4 is 0 Å². The number of ether oxygens (including phenoxy) is 3. The number of aliphatic hydroxyl groups is 1. The fourth-order valence-corrected chi connectivity index (χ4v) is 1.97. The minimum Gasteiger partial charge on any atom is -0.496 e. The van der Waals surface area contributed by atoms with E-state index < -0.39 is 6.10 Å². The molecular formula is C13H17N3O4. The maximum Gasteiger partial charge on any atom is 0.164 e. The van der Waals surface area contributed by atoms with Crippen LogP contribution in [-0.2, 0) is 7.05 Å². The van der Waals surface area contributed by atoms with Gasteiger partial charge in [-0.15, -0.1) is 5.10 Å². The van der Waals surface area contributed by atoms with Crippen LogP contribution in [0.15, 0.2) is 18.3 Å². The highest BCUT2D eigenvalue weighted by molar-refractivity contribution is 5.52. The minimum atomic E-state index is -0.926. The van der Waals surface area contributed by atoms with Crippen LogP contribution in [0, 0.1) is 0 Å². The number of methoxy groups -OCH3 is 3. The summed E-state index contributed by atoms with van der Waals surface area (Å²) in [6.07, 6.45) is 0.575. The van der Waals surface area contributed by atoms with Crippen molar-refractivity contribution in [2.45, 2.75) is 6.10 Å². The molecule has 1 unspecified atom stereocenters. The summed E-state index contributed by atoms with van der Waals surface area (Å²) in [6, 6.07) is 3.34. The number of hydrogen-bond donors (Lipinski definition) is 1. The zero-order valence-electron chi connectivity index (χ0n) is 11.8. The lowest BCUT2D eigenvalue weighted by molar-refractivity contribution is 0.203. The van der Waals surface area contributed by atoms with Crippen molar-refractivity contribution in [3.8, 4) is 17.2 Å². The van der Waals surface area contributed by atoms with Gasteiger partial charge in [-0.3, -0.25) is 0 Å². The van der Waals surface area contributed by atoms with Gasteiger partial charge in [0.05, 0.1) is 33.2 Å². The SMILES string of the molecule is COc1cc(OC)c(C(O)c2cnnn2C)cc1OC. The van der Waals surface area contributed by atoms with E-state index >= 15 is 0 Å². The molecular weight excluding hydrogens is 262 g/mol. The molecule has 1 heterocycles. The van der Waals surface area contributed by atoms with Crippen molar-refractivity contribution in [1.29, 1.82) is 0 Å². The molecule has 0 aliphatic heterocycles. The Morgan fingerprint density at radius 3 is 2.15 bits per heavy atom. The monoisotopic (exact) mass is 279 g/mol. The first-order chi connectivity index (χ1) is 9.62. The number of aryl methyl sites for hydroxylation is 1. The molecule has 0 aliphatic rings. The van der Waals surface area contributed by atoms with Gasteiger partial charge in [-0.05, 0) is 6.07 Å². The average Bonchev–Trinajstić information content (AvgIpc) is 2.91. The first-order valence-corrected chi connectivity index (χ1v) is 5.95. The van der Waals surface area contributed by atoms with E-state index in [1.165, 1.54) is 25.1 Å². The highest BCUT2D eigenvalue weighted by atomic mass is 16.5. The van der Waals surface area contributed by atoms with Gasteiger partial charge in [-0.1, -0.05) is 5.21 Å². The fraction of sp³-hybridized carbons (Fsp3) is 0.385. The summed E-state index contributed by atoms with van der Waals surface area (Å²) in [5.41, 5.74) is 1.10. The average molecular weight is 279 g/mol. The van der Waals surface area contributed by atoms with Gasteiger partial charge < -0.3 is 19.3 Å². The van der Waals surface area contributed by atoms with Gasteiger partial charge in [-0.25, -0.2) is 4.68 Å². The predicted molar refractivity (Wildman–Crippen MR) is 71.2 cm³/mol. The molecule has 2 rings (SSSR count). The Bertz CT molecular complexity index is 597. The van der Waals surface area contributed by atoms with E-state index in [0.717, 1.165) is 0 Å². The molecule has 0 amide bonds. The number of rotatable bonds is 5. The first kappa shape index (κ1) is 14.1. The molecule has 0 saturated heterocycles. The van der Waals surface area contributed by atoms with Gasteiger partial charge in [-0.2, -0.15) is 0 Å². The van der Waals surface area contributed by atoms with Crippen molar-refractivity contribution in [3.63, 3.8) is 0 Å². The number of aromatic nitrogens is 3. The fourth-order valence-electron chi connectivity index (χ4n) is 1.97. The molecule has 7 nitrogen and oxygen atoms in total. The van der Waals surface area contributed by atoms with Crippen molar-refractivity contribution in [3.05, 3.63) is 29.6 Å². The summed E-state index contributed by atoms with van der Waals surface area (Å²) in [4.78, 5) is 0. The Morgan fingerprint density at radius 2 is 1.65 bits per heavy atom. The van der Waals surface area contributed by atoms with Crippen molar-refractivity contribution in [2.75, 3.05) is 21.3 Å². The summed E-state index contributed by atoms with van der Waals surface area (Å²) in [5, 5.41) is 18.0. The number of hydrogen-bond acceptors (Lipinski definition) is 6. The van der Waals surface area contributed by atoms with E-state index in [1.807, 2.05) is 0 Å². The molecule has 1 N–H and O–H groups in total. The molecule has 20 heavy (non-hydrogen) atoms. The van der Waals surface area contributed by atoms with Crippen LogP contribution in [0.5, 0.6) is 17.2 Å². The van der Waals surface area contributed by atoms with E-state index in [4.69, 9.17) is 14.2 Å². The summed E-state index contributed by atoms with van der Waals surface area (Å²) in [5.74, 6) is 1.54. The van der Waals surface area contributed by atoms with Crippen molar-refractivity contribution < 1.29 is 19.3 Å². The summed E-state index contributed by atoms with van der Waals surface area (Å²) >= 11 is 0. The number of benzene rings is 1. The zero-order valence-corrected chi connectivity index (χ0v) is 11.8. The normalized spacial score (nSPS) is 12.1. The Hall–Kier alpha value is -2.28. The maximum atomic E-state index is 10.5. The quantitative estimate of drug-likeness (QED) is 0.877. The molecule has 1 atom stereocenters. The topological polar surface area (TPSA) is 78.6 Å². The second kappa shape index (κ2) is 5.79. The van der Waals surface area contributed by atoms with Crippen molar-refractivity contribution in [2.24, 2.45) is 7.05 Å². The van der Waals surface area contributed by atoms with Crippen LogP contribution in [-0.4, -0.2) is 41.4 Å². The molecule has 7 heteroatoms. The Morgan fingerprint density at radius 1 is 1.05 bits per heavy atom. The van der Waals surface area contributed by atoms with Crippen LogP contribution < -0.4 is 14.2 Å². The smallest absolute Gasteiger partial charge is 0.164 e. The van der Waals surface area contributed by atoms with E-state index in [2.05, 4.69) is 10.3 Å². The molecule has 0 spiro atoms. The van der Waals surface area contributed by atoms with Crippen LogP contribution in [0.4, 0.5) is 0 Å². The molecule has 0 radical (unpaired) electrons. The molecule has 0 fully saturated rings. The summed E-state index contributed by atoms with van der Waals surface area (Å²) in [6.45, 7) is 0. The lowest BCUT2D eigenvalue weighted by Gasteiger charge is -2.17. The standard InChI is InChI=1S/C13H17N3O4/c1-16-9(7-14-15-16)13(17)8-5-11(19-3)12(20-4)6-10(8)18-2/h5-7,13,17H,1-4H3. The zero-order chi connectivity index (χ0) is 14.7. The minimum absolute atomic E-state index is 0.497. The van der Waals surface area contributed by atoms with Crippen molar-refractivity contribution in [1.82, 2.24) is 15.0 Å². The lowest BCUT2D eigenvalue weighted by Crippen LogP contribution is -2.08. The van der Waals surface area contributed by atoms with E-state index in [0.29, 0.717) is 28.5 Å². The van der Waals surface area contributed by atoms with E-state index in [-0.39, 0.29) is 0 Å². The summed E-state index contributed by atoms with van der Waals surface area (Å²) in [7, 11) is 6.31. The predicted octanol–water partition coefficient (Wildman–Crippen LogP) is 0.923. The Labute approximate surface area is 116 Å². The van der Waals surface area contributed by atoms with E-state index in [1.54, 1.807) is 26.3 Å². The maximum absolute atomic E-state index is 10.5. The Kier molecular flexibility index (Phi) is 4.09. The van der Waals surface area contributed by atoms with Gasteiger partial charge in [0, 0.05) is 18.7 Å². The highest BCUT2D eigenvalue weighted by Gasteiger charge is 2.22. The molecule has 1 aromatic carbocycles. The lowest BCUT2D eigenvalue weighted by atomic mass is 10.0.